The first-order valence-corrected chi connectivity index (χ1v) is 4.46. The number of hydrogen-bond donors (Lipinski definition) is 0. The van der Waals surface area contributed by atoms with Crippen molar-refractivity contribution in [1.82, 2.24) is 0 Å². The van der Waals surface area contributed by atoms with E-state index in [0.29, 0.717) is 10.9 Å². The van der Waals surface area contributed by atoms with Crippen LogP contribution in [0.4, 0.5) is 8.78 Å². The lowest BCUT2D eigenvalue weighted by Crippen LogP contribution is -1.90. The molecule has 0 aliphatic rings. The Kier molecular flexibility index (Phi) is 2.98. The van der Waals surface area contributed by atoms with Gasteiger partial charge in [0.2, 0.25) is 0 Å². The minimum absolute atomic E-state index is 0.229. The molecule has 0 aromatic heterocycles. The van der Waals surface area contributed by atoms with Gasteiger partial charge in [-0.25, -0.2) is 8.78 Å². The van der Waals surface area contributed by atoms with Gasteiger partial charge in [0.05, 0.1) is 0 Å². The fourth-order valence-corrected chi connectivity index (χ4v) is 1.14. The lowest BCUT2D eigenvalue weighted by Gasteiger charge is -2.02. The fraction of sp³-hybridized carbons (Fsp3) is 0.111. The van der Waals surface area contributed by atoms with E-state index in [1.54, 1.807) is 0 Å². The summed E-state index contributed by atoms with van der Waals surface area (Å²) >= 11 is 3.12. The number of rotatable bonds is 2. The summed E-state index contributed by atoms with van der Waals surface area (Å²) in [4.78, 5) is 0. The third-order valence-electron chi connectivity index (χ3n) is 1.47. The van der Waals surface area contributed by atoms with Gasteiger partial charge in [-0.3, -0.25) is 0 Å². The number of halogens is 3. The normalized spacial score (nSPS) is 9.92. The van der Waals surface area contributed by atoms with Crippen molar-refractivity contribution in [3.8, 4) is 0 Å². The van der Waals surface area contributed by atoms with Gasteiger partial charge in [0, 0.05) is 10.9 Å². The van der Waals surface area contributed by atoms with Crippen molar-refractivity contribution in [1.29, 1.82) is 0 Å². The number of hydrogen-bond acceptors (Lipinski definition) is 0. The van der Waals surface area contributed by atoms with E-state index in [2.05, 4.69) is 22.5 Å². The molecule has 0 atom stereocenters. The van der Waals surface area contributed by atoms with Crippen LogP contribution in [0.3, 0.4) is 0 Å². The van der Waals surface area contributed by atoms with Crippen LogP contribution in [0.1, 0.15) is 5.56 Å². The second kappa shape index (κ2) is 3.81. The molecular formula is C9H7BrF2. The van der Waals surface area contributed by atoms with Gasteiger partial charge < -0.3 is 0 Å². The highest BCUT2D eigenvalue weighted by Gasteiger charge is 2.05. The van der Waals surface area contributed by atoms with Gasteiger partial charge in [0.1, 0.15) is 11.6 Å². The minimum Gasteiger partial charge on any atom is -0.207 e. The summed E-state index contributed by atoms with van der Waals surface area (Å²) in [6.07, 6.45) is 0. The van der Waals surface area contributed by atoms with Crippen LogP contribution in [0.15, 0.2) is 24.8 Å². The Balaban J connectivity index is 3.13. The fourth-order valence-electron chi connectivity index (χ4n) is 0.840. The third kappa shape index (κ3) is 1.91. The average Bonchev–Trinajstić information content (AvgIpc) is 2.08. The monoisotopic (exact) mass is 232 g/mol. The topological polar surface area (TPSA) is 0 Å². The Hall–Kier alpha value is -0.700. The Morgan fingerprint density at radius 1 is 1.42 bits per heavy atom. The second-order valence-electron chi connectivity index (χ2n) is 2.36. The Morgan fingerprint density at radius 3 is 2.67 bits per heavy atom. The summed E-state index contributed by atoms with van der Waals surface area (Å²) in [7, 11) is 0. The van der Waals surface area contributed by atoms with E-state index < -0.39 is 11.6 Å². The maximum atomic E-state index is 13.0. The van der Waals surface area contributed by atoms with Crippen molar-refractivity contribution in [2.45, 2.75) is 0 Å². The largest absolute Gasteiger partial charge is 0.207 e. The Bertz CT molecular complexity index is 307. The molecule has 1 aromatic carbocycles. The van der Waals surface area contributed by atoms with Gasteiger partial charge in [-0.15, -0.1) is 0 Å². The van der Waals surface area contributed by atoms with E-state index in [0.717, 1.165) is 18.2 Å². The van der Waals surface area contributed by atoms with Crippen molar-refractivity contribution in [3.63, 3.8) is 0 Å². The molecule has 1 rings (SSSR count). The van der Waals surface area contributed by atoms with E-state index in [-0.39, 0.29) is 5.56 Å². The van der Waals surface area contributed by atoms with Gasteiger partial charge >= 0.3 is 0 Å². The highest BCUT2D eigenvalue weighted by molar-refractivity contribution is 9.09. The van der Waals surface area contributed by atoms with E-state index in [4.69, 9.17) is 0 Å². The summed E-state index contributed by atoms with van der Waals surface area (Å²) in [6.45, 7) is 3.59. The maximum absolute atomic E-state index is 13.0. The smallest absolute Gasteiger partial charge is 0.130 e. The van der Waals surface area contributed by atoms with Crippen molar-refractivity contribution in [2.75, 3.05) is 5.33 Å². The van der Waals surface area contributed by atoms with Gasteiger partial charge in [0.15, 0.2) is 0 Å². The van der Waals surface area contributed by atoms with Crippen molar-refractivity contribution >= 4 is 21.5 Å². The molecule has 0 saturated heterocycles. The van der Waals surface area contributed by atoms with Crippen LogP contribution >= 0.6 is 15.9 Å². The molecule has 0 N–H and O–H groups in total. The molecule has 0 bridgehead atoms. The predicted octanol–water partition coefficient (Wildman–Crippen LogP) is 3.37. The molecule has 12 heavy (non-hydrogen) atoms. The molecule has 0 aliphatic heterocycles. The van der Waals surface area contributed by atoms with Crippen LogP contribution in [0, 0.1) is 11.6 Å². The number of alkyl halides is 1. The van der Waals surface area contributed by atoms with Gasteiger partial charge in [-0.05, 0) is 23.8 Å². The number of allylic oxidation sites excluding steroid dienone is 1. The second-order valence-corrected chi connectivity index (χ2v) is 2.92. The Labute approximate surface area is 78.0 Å². The predicted molar refractivity (Wildman–Crippen MR) is 49.2 cm³/mol. The molecule has 0 heterocycles. The molecule has 0 amide bonds. The first-order chi connectivity index (χ1) is 5.65. The zero-order valence-electron chi connectivity index (χ0n) is 6.28. The summed E-state index contributed by atoms with van der Waals surface area (Å²) in [5, 5.41) is 0.438. The van der Waals surface area contributed by atoms with Crippen LogP contribution in [0.25, 0.3) is 5.57 Å². The summed E-state index contributed by atoms with van der Waals surface area (Å²) in [5.74, 6) is -0.894. The third-order valence-corrected chi connectivity index (χ3v) is 2.15. The van der Waals surface area contributed by atoms with E-state index in [1.165, 1.54) is 0 Å². The molecule has 0 unspecified atom stereocenters. The highest BCUT2D eigenvalue weighted by atomic mass is 79.9. The lowest BCUT2D eigenvalue weighted by molar-refractivity contribution is 0.597. The maximum Gasteiger partial charge on any atom is 0.130 e. The van der Waals surface area contributed by atoms with Crippen LogP contribution in [0.5, 0.6) is 0 Å². The van der Waals surface area contributed by atoms with E-state index in [1.807, 2.05) is 0 Å². The van der Waals surface area contributed by atoms with E-state index in [9.17, 15) is 8.78 Å². The van der Waals surface area contributed by atoms with Crippen LogP contribution in [-0.4, -0.2) is 5.33 Å². The zero-order valence-corrected chi connectivity index (χ0v) is 7.87. The lowest BCUT2D eigenvalue weighted by atomic mass is 10.1. The molecule has 0 radical (unpaired) electrons. The summed E-state index contributed by atoms with van der Waals surface area (Å²) < 4.78 is 25.6. The zero-order chi connectivity index (χ0) is 9.14. The minimum atomic E-state index is -0.450. The molecule has 0 fully saturated rings. The van der Waals surface area contributed by atoms with Crippen molar-refractivity contribution < 1.29 is 8.78 Å². The van der Waals surface area contributed by atoms with Crippen molar-refractivity contribution in [3.05, 3.63) is 42.0 Å². The first-order valence-electron chi connectivity index (χ1n) is 3.34. The SMILES string of the molecule is C=C(CBr)c1cc(F)ccc1F. The van der Waals surface area contributed by atoms with E-state index >= 15 is 0 Å². The van der Waals surface area contributed by atoms with Crippen LogP contribution in [0.2, 0.25) is 0 Å². The summed E-state index contributed by atoms with van der Waals surface area (Å²) in [5.41, 5.74) is 0.763. The van der Waals surface area contributed by atoms with Crippen LogP contribution < -0.4 is 0 Å². The van der Waals surface area contributed by atoms with Crippen molar-refractivity contribution in [2.24, 2.45) is 0 Å². The first kappa shape index (κ1) is 9.39. The molecule has 0 aliphatic carbocycles. The van der Waals surface area contributed by atoms with Gasteiger partial charge in [0.25, 0.3) is 0 Å². The molecule has 0 saturated carbocycles. The molecule has 1 aromatic rings. The quantitative estimate of drug-likeness (QED) is 0.687. The average molecular weight is 233 g/mol. The summed E-state index contributed by atoms with van der Waals surface area (Å²) in [6, 6.07) is 3.32. The molecule has 3 heteroatoms. The van der Waals surface area contributed by atoms with Gasteiger partial charge in [-0.1, -0.05) is 22.5 Å². The molecule has 64 valence electrons. The standard InChI is InChI=1S/C9H7BrF2/c1-6(5-10)8-4-7(11)2-3-9(8)12/h2-4H,1,5H2. The van der Waals surface area contributed by atoms with Gasteiger partial charge in [-0.2, -0.15) is 0 Å². The Morgan fingerprint density at radius 2 is 2.08 bits per heavy atom. The molecule has 0 nitrogen and oxygen atoms in total. The highest BCUT2D eigenvalue weighted by Crippen LogP contribution is 2.19. The number of benzene rings is 1. The molecule has 0 spiro atoms. The molecular weight excluding hydrogens is 226 g/mol. The van der Waals surface area contributed by atoms with Crippen LogP contribution in [-0.2, 0) is 0 Å².